The lowest BCUT2D eigenvalue weighted by Crippen LogP contribution is -2.17. The molecular weight excluding hydrogens is 352 g/mol. The number of pyridine rings is 1. The Bertz CT molecular complexity index is 1270. The Morgan fingerprint density at radius 1 is 1.07 bits per heavy atom. The van der Waals surface area contributed by atoms with E-state index < -0.39 is 0 Å². The minimum Gasteiger partial charge on any atom is -0.322 e. The summed E-state index contributed by atoms with van der Waals surface area (Å²) in [5.41, 5.74) is 5.27. The van der Waals surface area contributed by atoms with Crippen molar-refractivity contribution in [3.05, 3.63) is 87.5 Å². The summed E-state index contributed by atoms with van der Waals surface area (Å²) in [6.45, 7) is 5.96. The summed E-state index contributed by atoms with van der Waals surface area (Å²) in [6, 6.07) is 14.7. The molecule has 0 radical (unpaired) electrons. The summed E-state index contributed by atoms with van der Waals surface area (Å²) in [5, 5.41) is 8.04. The number of aromatic nitrogens is 3. The molecule has 0 aliphatic carbocycles. The first kappa shape index (κ1) is 17.7. The molecule has 1 amide bonds. The van der Waals surface area contributed by atoms with Crippen LogP contribution in [0.3, 0.4) is 0 Å². The fourth-order valence-corrected chi connectivity index (χ4v) is 3.30. The van der Waals surface area contributed by atoms with Crippen LogP contribution in [-0.4, -0.2) is 20.7 Å². The number of carbonyl (C=O) groups excluding carboxylic acids is 1. The monoisotopic (exact) mass is 372 g/mol. The van der Waals surface area contributed by atoms with Gasteiger partial charge in [-0.25, -0.2) is 4.68 Å². The number of benzene rings is 2. The van der Waals surface area contributed by atoms with Crippen molar-refractivity contribution in [1.82, 2.24) is 14.8 Å². The molecule has 0 fully saturated rings. The second kappa shape index (κ2) is 6.81. The van der Waals surface area contributed by atoms with Gasteiger partial charge in [0.25, 0.3) is 5.91 Å². The third kappa shape index (κ3) is 3.09. The van der Waals surface area contributed by atoms with Gasteiger partial charge < -0.3 is 10.3 Å². The number of H-pyrrole nitrogens is 1. The van der Waals surface area contributed by atoms with Crippen molar-refractivity contribution >= 4 is 22.5 Å². The van der Waals surface area contributed by atoms with Gasteiger partial charge >= 0.3 is 0 Å². The molecule has 0 atom stereocenters. The number of aromatic amines is 1. The summed E-state index contributed by atoms with van der Waals surface area (Å²) < 4.78 is 1.81. The van der Waals surface area contributed by atoms with Crippen LogP contribution in [0, 0.1) is 20.8 Å². The second-order valence-electron chi connectivity index (χ2n) is 6.89. The number of nitrogens with zero attached hydrogens (tertiary/aromatic N) is 2. The standard InChI is InChI=1S/C22H20N4O2/c1-13-8-9-14(2)20(10-13)26-15(3)19(12-23-26)25-22(28)17-11-21(27)24-18-7-5-4-6-16(17)18/h4-12H,1-3H3,(H,24,27)(H,25,28). The predicted molar refractivity (Wildman–Crippen MR) is 110 cm³/mol. The van der Waals surface area contributed by atoms with Gasteiger partial charge in [0.2, 0.25) is 5.56 Å². The number of rotatable bonds is 3. The Hall–Kier alpha value is -3.67. The van der Waals surface area contributed by atoms with Gasteiger partial charge in [-0.05, 0) is 44.0 Å². The molecule has 0 saturated heterocycles. The molecule has 6 nitrogen and oxygen atoms in total. The van der Waals surface area contributed by atoms with E-state index in [0.717, 1.165) is 22.5 Å². The zero-order chi connectivity index (χ0) is 19.8. The average molecular weight is 372 g/mol. The van der Waals surface area contributed by atoms with Crippen molar-refractivity contribution in [3.8, 4) is 5.69 Å². The van der Waals surface area contributed by atoms with Crippen molar-refractivity contribution in [2.75, 3.05) is 5.32 Å². The Kier molecular flexibility index (Phi) is 4.31. The number of amides is 1. The van der Waals surface area contributed by atoms with Crippen molar-refractivity contribution in [3.63, 3.8) is 0 Å². The molecule has 4 aromatic rings. The number of hydrogen-bond acceptors (Lipinski definition) is 3. The lowest BCUT2D eigenvalue weighted by molar-refractivity contribution is 0.102. The van der Waals surface area contributed by atoms with Crippen LogP contribution in [0.2, 0.25) is 0 Å². The maximum absolute atomic E-state index is 12.9. The lowest BCUT2D eigenvalue weighted by atomic mass is 10.1. The number of carbonyl (C=O) groups is 1. The van der Waals surface area contributed by atoms with Crippen molar-refractivity contribution in [1.29, 1.82) is 0 Å². The molecule has 2 N–H and O–H groups in total. The highest BCUT2D eigenvalue weighted by Gasteiger charge is 2.16. The molecule has 0 unspecified atom stereocenters. The zero-order valence-electron chi connectivity index (χ0n) is 15.9. The molecule has 6 heteroatoms. The van der Waals surface area contributed by atoms with E-state index in [2.05, 4.69) is 27.5 Å². The van der Waals surface area contributed by atoms with E-state index in [1.807, 2.05) is 49.7 Å². The molecule has 0 bridgehead atoms. The van der Waals surface area contributed by atoms with Gasteiger partial charge in [-0.3, -0.25) is 9.59 Å². The largest absolute Gasteiger partial charge is 0.322 e. The fraction of sp³-hybridized carbons (Fsp3) is 0.136. The number of hydrogen-bond donors (Lipinski definition) is 2. The average Bonchev–Trinajstić information content (AvgIpc) is 3.03. The molecule has 0 saturated carbocycles. The van der Waals surface area contributed by atoms with Gasteiger partial charge in [-0.15, -0.1) is 0 Å². The first-order chi connectivity index (χ1) is 13.4. The predicted octanol–water partition coefficient (Wildman–Crippen LogP) is 3.89. The molecule has 2 aromatic carbocycles. The van der Waals surface area contributed by atoms with E-state index in [1.165, 1.54) is 6.07 Å². The zero-order valence-corrected chi connectivity index (χ0v) is 15.9. The Labute approximate surface area is 161 Å². The normalized spacial score (nSPS) is 11.0. The molecule has 2 heterocycles. The van der Waals surface area contributed by atoms with Gasteiger partial charge in [0.1, 0.15) is 0 Å². The van der Waals surface area contributed by atoms with Gasteiger partial charge in [0, 0.05) is 17.0 Å². The van der Waals surface area contributed by atoms with Crippen LogP contribution < -0.4 is 10.9 Å². The van der Waals surface area contributed by atoms with E-state index in [9.17, 15) is 9.59 Å². The first-order valence-corrected chi connectivity index (χ1v) is 9.00. The summed E-state index contributed by atoms with van der Waals surface area (Å²) in [6.07, 6.45) is 1.63. The highest BCUT2D eigenvalue weighted by atomic mass is 16.2. The molecule has 0 aliphatic rings. The quantitative estimate of drug-likeness (QED) is 0.572. The summed E-state index contributed by atoms with van der Waals surface area (Å²) in [7, 11) is 0. The number of aryl methyl sites for hydroxylation is 2. The highest BCUT2D eigenvalue weighted by molar-refractivity contribution is 6.12. The number of fused-ring (bicyclic) bond motifs is 1. The minimum atomic E-state index is -0.342. The van der Waals surface area contributed by atoms with E-state index in [1.54, 1.807) is 12.3 Å². The van der Waals surface area contributed by atoms with E-state index in [0.29, 0.717) is 22.2 Å². The Morgan fingerprint density at radius 3 is 2.68 bits per heavy atom. The molecule has 28 heavy (non-hydrogen) atoms. The number of anilines is 1. The van der Waals surface area contributed by atoms with Crippen LogP contribution in [0.1, 0.15) is 27.2 Å². The van der Waals surface area contributed by atoms with Gasteiger partial charge in [-0.1, -0.05) is 30.3 Å². The van der Waals surface area contributed by atoms with Crippen LogP contribution in [0.15, 0.2) is 59.5 Å². The van der Waals surface area contributed by atoms with Gasteiger partial charge in [0.15, 0.2) is 0 Å². The summed E-state index contributed by atoms with van der Waals surface area (Å²) >= 11 is 0. The number of nitrogens with one attached hydrogen (secondary N) is 2. The number of para-hydroxylation sites is 1. The van der Waals surface area contributed by atoms with Crippen LogP contribution in [-0.2, 0) is 0 Å². The minimum absolute atomic E-state index is 0.313. The fourth-order valence-electron chi connectivity index (χ4n) is 3.30. The summed E-state index contributed by atoms with van der Waals surface area (Å²) in [4.78, 5) is 27.6. The third-order valence-corrected chi connectivity index (χ3v) is 4.85. The molecule has 2 aromatic heterocycles. The van der Waals surface area contributed by atoms with Crippen molar-refractivity contribution in [2.24, 2.45) is 0 Å². The second-order valence-corrected chi connectivity index (χ2v) is 6.89. The van der Waals surface area contributed by atoms with Crippen LogP contribution in [0.5, 0.6) is 0 Å². The van der Waals surface area contributed by atoms with Crippen molar-refractivity contribution < 1.29 is 4.79 Å². The molecule has 4 rings (SSSR count). The van der Waals surface area contributed by atoms with Crippen LogP contribution in [0.25, 0.3) is 16.6 Å². The molecular formula is C22H20N4O2. The lowest BCUT2D eigenvalue weighted by Gasteiger charge is -2.11. The molecule has 0 aliphatic heterocycles. The van der Waals surface area contributed by atoms with E-state index >= 15 is 0 Å². The molecule has 0 spiro atoms. The first-order valence-electron chi connectivity index (χ1n) is 9.00. The van der Waals surface area contributed by atoms with Crippen molar-refractivity contribution in [2.45, 2.75) is 20.8 Å². The van der Waals surface area contributed by atoms with E-state index in [-0.39, 0.29) is 11.5 Å². The van der Waals surface area contributed by atoms with Gasteiger partial charge in [0.05, 0.1) is 28.8 Å². The third-order valence-electron chi connectivity index (χ3n) is 4.85. The maximum atomic E-state index is 12.9. The van der Waals surface area contributed by atoms with E-state index in [4.69, 9.17) is 0 Å². The Balaban J connectivity index is 1.72. The van der Waals surface area contributed by atoms with Crippen LogP contribution >= 0.6 is 0 Å². The van der Waals surface area contributed by atoms with Gasteiger partial charge in [-0.2, -0.15) is 5.10 Å². The SMILES string of the molecule is Cc1ccc(C)c(-n2ncc(NC(=O)c3cc(=O)[nH]c4ccccc34)c2C)c1. The van der Waals surface area contributed by atoms with Crippen LogP contribution in [0.4, 0.5) is 5.69 Å². The Morgan fingerprint density at radius 2 is 1.86 bits per heavy atom. The molecule has 140 valence electrons. The smallest absolute Gasteiger partial charge is 0.256 e. The maximum Gasteiger partial charge on any atom is 0.256 e. The summed E-state index contributed by atoms with van der Waals surface area (Å²) in [5.74, 6) is -0.342. The topological polar surface area (TPSA) is 79.8 Å². The highest BCUT2D eigenvalue weighted by Crippen LogP contribution is 2.23.